The maximum Gasteiger partial charge on any atom is 0.328 e. The van der Waals surface area contributed by atoms with Crippen LogP contribution in [0.15, 0.2) is 40.1 Å². The molecule has 0 aliphatic carbocycles. The molecule has 0 unspecified atom stereocenters. The van der Waals surface area contributed by atoms with Gasteiger partial charge in [0.05, 0.1) is 11.6 Å². The van der Waals surface area contributed by atoms with Crippen molar-refractivity contribution in [3.63, 3.8) is 0 Å². The van der Waals surface area contributed by atoms with Gasteiger partial charge in [0.1, 0.15) is 6.54 Å². The van der Waals surface area contributed by atoms with E-state index in [1.54, 1.807) is 25.1 Å². The highest BCUT2D eigenvalue weighted by Gasteiger charge is 2.07. The van der Waals surface area contributed by atoms with Gasteiger partial charge < -0.3 is 5.32 Å². The molecule has 21 heavy (non-hydrogen) atoms. The lowest BCUT2D eigenvalue weighted by molar-refractivity contribution is -0.116. The number of aromatic amines is 1. The number of hydrogen-bond acceptors (Lipinski definition) is 4. The van der Waals surface area contributed by atoms with Gasteiger partial charge in [-0.1, -0.05) is 6.07 Å². The Labute approximate surface area is 119 Å². The first-order valence-electron chi connectivity index (χ1n) is 6.10. The number of nitrogens with one attached hydrogen (secondary N) is 2. The monoisotopic (exact) mass is 284 g/mol. The SMILES string of the molecule is Cc1cn(CC(=O)Nc2cccc(C#N)c2)c(=O)[nH]c1=O. The number of carbonyl (C=O) groups is 1. The van der Waals surface area contributed by atoms with E-state index in [4.69, 9.17) is 5.26 Å². The van der Waals surface area contributed by atoms with Gasteiger partial charge >= 0.3 is 5.69 Å². The van der Waals surface area contributed by atoms with Crippen LogP contribution in [0.2, 0.25) is 0 Å². The van der Waals surface area contributed by atoms with Crippen molar-refractivity contribution in [1.82, 2.24) is 9.55 Å². The van der Waals surface area contributed by atoms with Crippen molar-refractivity contribution in [3.05, 3.63) is 62.4 Å². The van der Waals surface area contributed by atoms with Crippen LogP contribution in [0.4, 0.5) is 5.69 Å². The number of rotatable bonds is 3. The van der Waals surface area contributed by atoms with E-state index in [0.717, 1.165) is 4.57 Å². The predicted octanol–water partition coefficient (Wildman–Crippen LogP) is 0.355. The Kier molecular flexibility index (Phi) is 4.00. The normalized spacial score (nSPS) is 9.90. The lowest BCUT2D eigenvalue weighted by Gasteiger charge is -2.07. The Morgan fingerprint density at radius 2 is 2.19 bits per heavy atom. The van der Waals surface area contributed by atoms with Crippen molar-refractivity contribution >= 4 is 11.6 Å². The van der Waals surface area contributed by atoms with Crippen LogP contribution >= 0.6 is 0 Å². The third-order valence-corrected chi connectivity index (χ3v) is 2.78. The van der Waals surface area contributed by atoms with Gasteiger partial charge in [-0.15, -0.1) is 0 Å². The first kappa shape index (κ1) is 14.3. The summed E-state index contributed by atoms with van der Waals surface area (Å²) in [6.45, 7) is 1.32. The summed E-state index contributed by atoms with van der Waals surface area (Å²) in [5.41, 5.74) is 0.108. The highest BCUT2D eigenvalue weighted by atomic mass is 16.2. The predicted molar refractivity (Wildman–Crippen MR) is 75.8 cm³/mol. The lowest BCUT2D eigenvalue weighted by Crippen LogP contribution is -2.34. The Balaban J connectivity index is 2.15. The second-order valence-electron chi connectivity index (χ2n) is 4.44. The van der Waals surface area contributed by atoms with E-state index in [1.807, 2.05) is 6.07 Å². The van der Waals surface area contributed by atoms with Gasteiger partial charge in [-0.25, -0.2) is 4.79 Å². The maximum atomic E-state index is 11.9. The molecule has 1 amide bonds. The number of benzene rings is 1. The first-order chi connectivity index (χ1) is 9.99. The van der Waals surface area contributed by atoms with Crippen LogP contribution in [0.5, 0.6) is 0 Å². The number of aryl methyl sites for hydroxylation is 1. The van der Waals surface area contributed by atoms with Crippen LogP contribution in [0.25, 0.3) is 0 Å². The van der Waals surface area contributed by atoms with Gasteiger partial charge in [0.15, 0.2) is 0 Å². The molecule has 0 radical (unpaired) electrons. The van der Waals surface area contributed by atoms with Crippen molar-refractivity contribution in [2.45, 2.75) is 13.5 Å². The highest BCUT2D eigenvalue weighted by molar-refractivity contribution is 5.90. The maximum absolute atomic E-state index is 11.9. The van der Waals surface area contributed by atoms with E-state index in [0.29, 0.717) is 16.8 Å². The van der Waals surface area contributed by atoms with Crippen molar-refractivity contribution < 1.29 is 4.79 Å². The molecule has 1 aromatic heterocycles. The van der Waals surface area contributed by atoms with Crippen LogP contribution in [-0.4, -0.2) is 15.5 Å². The van der Waals surface area contributed by atoms with Crippen molar-refractivity contribution in [2.24, 2.45) is 0 Å². The fourth-order valence-electron chi connectivity index (χ4n) is 1.76. The largest absolute Gasteiger partial charge is 0.328 e. The van der Waals surface area contributed by atoms with Crippen LogP contribution in [0, 0.1) is 18.3 Å². The van der Waals surface area contributed by atoms with Crippen molar-refractivity contribution in [2.75, 3.05) is 5.32 Å². The molecule has 0 spiro atoms. The summed E-state index contributed by atoms with van der Waals surface area (Å²) in [5.74, 6) is -0.432. The molecule has 2 N–H and O–H groups in total. The lowest BCUT2D eigenvalue weighted by atomic mass is 10.2. The van der Waals surface area contributed by atoms with E-state index in [9.17, 15) is 14.4 Å². The standard InChI is InChI=1S/C14H12N4O3/c1-9-7-18(14(21)17-13(9)20)8-12(19)16-11-4-2-3-10(5-11)6-15/h2-5,7H,8H2,1H3,(H,16,19)(H,17,20,21). The molecule has 1 heterocycles. The third kappa shape index (κ3) is 3.45. The molecule has 1 aromatic carbocycles. The van der Waals surface area contributed by atoms with Gasteiger partial charge in [-0.05, 0) is 25.1 Å². The molecular formula is C14H12N4O3. The number of nitrogens with zero attached hydrogens (tertiary/aromatic N) is 2. The average Bonchev–Trinajstić information content (AvgIpc) is 2.45. The molecule has 106 valence electrons. The molecular weight excluding hydrogens is 272 g/mol. The second-order valence-corrected chi connectivity index (χ2v) is 4.44. The summed E-state index contributed by atoms with van der Waals surface area (Å²) in [6, 6.07) is 8.39. The zero-order valence-corrected chi connectivity index (χ0v) is 11.2. The number of carbonyl (C=O) groups excluding carboxylic acids is 1. The zero-order chi connectivity index (χ0) is 15.4. The Bertz CT molecular complexity index is 842. The molecule has 7 heteroatoms. The van der Waals surface area contributed by atoms with Crippen LogP contribution in [-0.2, 0) is 11.3 Å². The molecule has 0 atom stereocenters. The minimum atomic E-state index is -0.647. The molecule has 7 nitrogen and oxygen atoms in total. The second kappa shape index (κ2) is 5.88. The van der Waals surface area contributed by atoms with Crippen LogP contribution < -0.4 is 16.6 Å². The summed E-state index contributed by atoms with van der Waals surface area (Å²) in [6.07, 6.45) is 1.33. The fraction of sp³-hybridized carbons (Fsp3) is 0.143. The topological polar surface area (TPSA) is 108 Å². The van der Waals surface area contributed by atoms with Crippen molar-refractivity contribution in [3.8, 4) is 6.07 Å². The van der Waals surface area contributed by atoms with E-state index >= 15 is 0 Å². The smallest absolute Gasteiger partial charge is 0.324 e. The third-order valence-electron chi connectivity index (χ3n) is 2.78. The molecule has 0 bridgehead atoms. The van der Waals surface area contributed by atoms with Gasteiger partial charge in [-0.2, -0.15) is 5.26 Å². The number of nitriles is 1. The molecule has 2 rings (SSSR count). The number of H-pyrrole nitrogens is 1. The summed E-state index contributed by atoms with van der Waals surface area (Å²) in [7, 11) is 0. The molecule has 0 saturated carbocycles. The molecule has 0 aliphatic rings. The molecule has 0 aliphatic heterocycles. The highest BCUT2D eigenvalue weighted by Crippen LogP contribution is 2.09. The zero-order valence-electron chi connectivity index (χ0n) is 11.2. The molecule has 0 saturated heterocycles. The Hall–Kier alpha value is -3.14. The first-order valence-corrected chi connectivity index (χ1v) is 6.10. The van der Waals surface area contributed by atoms with Gasteiger partial charge in [0, 0.05) is 17.4 Å². The number of aromatic nitrogens is 2. The Morgan fingerprint density at radius 3 is 2.90 bits per heavy atom. The number of anilines is 1. The fourth-order valence-corrected chi connectivity index (χ4v) is 1.76. The number of hydrogen-bond donors (Lipinski definition) is 2. The van der Waals surface area contributed by atoms with Crippen molar-refractivity contribution in [1.29, 1.82) is 5.26 Å². The summed E-state index contributed by atoms with van der Waals surface area (Å²) in [5, 5.41) is 11.4. The van der Waals surface area contributed by atoms with Gasteiger partial charge in [0.25, 0.3) is 5.56 Å². The van der Waals surface area contributed by atoms with E-state index < -0.39 is 17.2 Å². The average molecular weight is 284 g/mol. The summed E-state index contributed by atoms with van der Waals surface area (Å²) >= 11 is 0. The summed E-state index contributed by atoms with van der Waals surface area (Å²) in [4.78, 5) is 36.8. The van der Waals surface area contributed by atoms with E-state index in [2.05, 4.69) is 10.3 Å². The van der Waals surface area contributed by atoms with E-state index in [-0.39, 0.29) is 6.54 Å². The van der Waals surface area contributed by atoms with Crippen LogP contribution in [0.1, 0.15) is 11.1 Å². The van der Waals surface area contributed by atoms with Crippen LogP contribution in [0.3, 0.4) is 0 Å². The molecule has 2 aromatic rings. The minimum Gasteiger partial charge on any atom is -0.324 e. The van der Waals surface area contributed by atoms with E-state index in [1.165, 1.54) is 12.3 Å². The quantitative estimate of drug-likeness (QED) is 0.848. The number of amides is 1. The summed E-state index contributed by atoms with van der Waals surface area (Å²) < 4.78 is 1.11. The van der Waals surface area contributed by atoms with Gasteiger partial charge in [0.2, 0.25) is 5.91 Å². The molecule has 0 fully saturated rings. The Morgan fingerprint density at radius 1 is 1.43 bits per heavy atom. The minimum absolute atomic E-state index is 0.229. The van der Waals surface area contributed by atoms with Gasteiger partial charge in [-0.3, -0.25) is 19.1 Å².